The summed E-state index contributed by atoms with van der Waals surface area (Å²) in [4.78, 5) is 0. The predicted octanol–water partition coefficient (Wildman–Crippen LogP) is 2.64. The Morgan fingerprint density at radius 3 is 2.79 bits per heavy atom. The van der Waals surface area contributed by atoms with Crippen LogP contribution in [0, 0.1) is 0 Å². The van der Waals surface area contributed by atoms with Crippen molar-refractivity contribution in [3.05, 3.63) is 23.8 Å². The molecule has 1 N–H and O–H groups in total. The molecule has 0 unspecified atom stereocenters. The number of rotatable bonds is 0. The molecule has 2 heteroatoms. The van der Waals surface area contributed by atoms with Crippen molar-refractivity contribution in [2.24, 2.45) is 0 Å². The molecule has 1 saturated carbocycles. The van der Waals surface area contributed by atoms with Crippen molar-refractivity contribution in [3.63, 3.8) is 0 Å². The summed E-state index contributed by atoms with van der Waals surface area (Å²) in [7, 11) is 0. The Hall–Kier alpha value is -1.18. The van der Waals surface area contributed by atoms with Gasteiger partial charge in [0.25, 0.3) is 0 Å². The fourth-order valence-corrected chi connectivity index (χ4v) is 2.46. The highest BCUT2D eigenvalue weighted by Gasteiger charge is 2.42. The van der Waals surface area contributed by atoms with Crippen molar-refractivity contribution in [1.82, 2.24) is 0 Å². The maximum Gasteiger partial charge on any atom is 0.127 e. The highest BCUT2D eigenvalue weighted by Crippen LogP contribution is 2.46. The molecule has 1 aliphatic heterocycles. The van der Waals surface area contributed by atoms with Crippen molar-refractivity contribution >= 4 is 0 Å². The van der Waals surface area contributed by atoms with Gasteiger partial charge in [0.1, 0.15) is 17.1 Å². The van der Waals surface area contributed by atoms with E-state index in [2.05, 4.69) is 0 Å². The fraction of sp³-hybridized carbons (Fsp3) is 0.500. The van der Waals surface area contributed by atoms with Gasteiger partial charge in [0.05, 0.1) is 0 Å². The van der Waals surface area contributed by atoms with Crippen LogP contribution in [0.2, 0.25) is 0 Å². The van der Waals surface area contributed by atoms with E-state index in [0.717, 1.165) is 24.2 Å². The Labute approximate surface area is 83.5 Å². The quantitative estimate of drug-likeness (QED) is 0.681. The molecule has 1 aromatic rings. The van der Waals surface area contributed by atoms with E-state index >= 15 is 0 Å². The van der Waals surface area contributed by atoms with Gasteiger partial charge in [-0.2, -0.15) is 0 Å². The monoisotopic (exact) mass is 190 g/mol. The molecule has 0 radical (unpaired) electrons. The van der Waals surface area contributed by atoms with Gasteiger partial charge in [-0.25, -0.2) is 0 Å². The summed E-state index contributed by atoms with van der Waals surface area (Å²) in [6, 6.07) is 5.56. The van der Waals surface area contributed by atoms with Crippen molar-refractivity contribution in [1.29, 1.82) is 0 Å². The zero-order chi connectivity index (χ0) is 9.60. The second kappa shape index (κ2) is 2.66. The normalized spacial score (nSPS) is 22.3. The lowest BCUT2D eigenvalue weighted by Gasteiger charge is -2.45. The average molecular weight is 190 g/mol. The smallest absolute Gasteiger partial charge is 0.127 e. The van der Waals surface area contributed by atoms with E-state index in [1.165, 1.54) is 19.3 Å². The highest BCUT2D eigenvalue weighted by atomic mass is 16.5. The number of fused-ring (bicyclic) bond motifs is 1. The first-order valence-electron chi connectivity index (χ1n) is 5.29. The van der Waals surface area contributed by atoms with Crippen molar-refractivity contribution in [2.75, 3.05) is 0 Å². The summed E-state index contributed by atoms with van der Waals surface area (Å²) in [6.07, 6.45) is 5.68. The van der Waals surface area contributed by atoms with Crippen LogP contribution >= 0.6 is 0 Å². The van der Waals surface area contributed by atoms with E-state index in [1.54, 1.807) is 6.07 Å². The maximum atomic E-state index is 9.64. The van der Waals surface area contributed by atoms with Crippen molar-refractivity contribution in [3.8, 4) is 11.5 Å². The van der Waals surface area contributed by atoms with Gasteiger partial charge < -0.3 is 9.84 Å². The van der Waals surface area contributed by atoms with Gasteiger partial charge in [-0.05, 0) is 44.2 Å². The third kappa shape index (κ3) is 1.03. The summed E-state index contributed by atoms with van der Waals surface area (Å²) in [5.74, 6) is 1.28. The van der Waals surface area contributed by atoms with Crippen LogP contribution in [0.1, 0.15) is 31.2 Å². The van der Waals surface area contributed by atoms with Gasteiger partial charge >= 0.3 is 0 Å². The Balaban J connectivity index is 1.98. The van der Waals surface area contributed by atoms with Gasteiger partial charge in [0.15, 0.2) is 0 Å². The minimum absolute atomic E-state index is 0.126. The number of hydrogen-bond acceptors (Lipinski definition) is 2. The molecule has 1 fully saturated rings. The number of phenols is 1. The van der Waals surface area contributed by atoms with Crippen LogP contribution in [-0.2, 0) is 6.42 Å². The maximum absolute atomic E-state index is 9.64. The summed E-state index contributed by atoms with van der Waals surface area (Å²) < 4.78 is 5.98. The molecule has 0 amide bonds. The Morgan fingerprint density at radius 2 is 2.07 bits per heavy atom. The summed E-state index contributed by atoms with van der Waals surface area (Å²) in [5, 5.41) is 9.64. The van der Waals surface area contributed by atoms with E-state index in [1.807, 2.05) is 12.1 Å². The molecule has 0 atom stereocenters. The number of ether oxygens (including phenoxy) is 1. The third-order valence-electron chi connectivity index (χ3n) is 3.53. The molecule has 3 rings (SSSR count). The minimum Gasteiger partial charge on any atom is -0.508 e. The number of hydrogen-bond donors (Lipinski definition) is 1. The van der Waals surface area contributed by atoms with Gasteiger partial charge in [-0.1, -0.05) is 6.07 Å². The molecule has 1 heterocycles. The molecule has 1 spiro atoms. The first-order chi connectivity index (χ1) is 6.79. The molecule has 2 nitrogen and oxygen atoms in total. The molecule has 1 aromatic carbocycles. The molecule has 0 saturated heterocycles. The zero-order valence-corrected chi connectivity index (χ0v) is 8.12. The minimum atomic E-state index is 0.126. The van der Waals surface area contributed by atoms with Crippen LogP contribution < -0.4 is 4.74 Å². The predicted molar refractivity (Wildman–Crippen MR) is 53.6 cm³/mol. The standard InChI is InChI=1S/C12H14O2/c13-10-3-1-4-11-9(10)5-8-12(14-11)6-2-7-12/h1,3-4,13H,2,5-8H2. The first-order valence-corrected chi connectivity index (χ1v) is 5.29. The van der Waals surface area contributed by atoms with E-state index < -0.39 is 0 Å². The van der Waals surface area contributed by atoms with Crippen molar-refractivity contribution in [2.45, 2.75) is 37.7 Å². The topological polar surface area (TPSA) is 29.5 Å². The van der Waals surface area contributed by atoms with E-state index in [0.29, 0.717) is 5.75 Å². The highest BCUT2D eigenvalue weighted by molar-refractivity contribution is 5.45. The van der Waals surface area contributed by atoms with Crippen LogP contribution in [0.25, 0.3) is 0 Å². The van der Waals surface area contributed by atoms with Crippen LogP contribution in [0.4, 0.5) is 0 Å². The molecular weight excluding hydrogens is 176 g/mol. The summed E-state index contributed by atoms with van der Waals surface area (Å²) in [5.41, 5.74) is 1.12. The summed E-state index contributed by atoms with van der Waals surface area (Å²) >= 11 is 0. The Kier molecular flexibility index (Phi) is 1.55. The second-order valence-electron chi connectivity index (χ2n) is 4.39. The number of aromatic hydroxyl groups is 1. The van der Waals surface area contributed by atoms with Crippen LogP contribution in [0.15, 0.2) is 18.2 Å². The second-order valence-corrected chi connectivity index (χ2v) is 4.39. The van der Waals surface area contributed by atoms with Crippen LogP contribution in [0.5, 0.6) is 11.5 Å². The lowest BCUT2D eigenvalue weighted by molar-refractivity contribution is -0.0253. The molecule has 0 aromatic heterocycles. The average Bonchev–Trinajstić information content (AvgIpc) is 2.15. The Morgan fingerprint density at radius 1 is 1.21 bits per heavy atom. The molecule has 2 aliphatic rings. The lowest BCUT2D eigenvalue weighted by Crippen LogP contribution is -2.45. The summed E-state index contributed by atoms with van der Waals surface area (Å²) in [6.45, 7) is 0. The van der Waals surface area contributed by atoms with Crippen LogP contribution in [0.3, 0.4) is 0 Å². The van der Waals surface area contributed by atoms with Gasteiger partial charge in [-0.15, -0.1) is 0 Å². The van der Waals surface area contributed by atoms with E-state index in [4.69, 9.17) is 4.74 Å². The molecule has 0 bridgehead atoms. The van der Waals surface area contributed by atoms with Crippen LogP contribution in [-0.4, -0.2) is 10.7 Å². The van der Waals surface area contributed by atoms with Gasteiger partial charge in [0.2, 0.25) is 0 Å². The van der Waals surface area contributed by atoms with Gasteiger partial charge in [-0.3, -0.25) is 0 Å². The molecule has 1 aliphatic carbocycles. The molecule has 14 heavy (non-hydrogen) atoms. The Bertz CT molecular complexity index is 367. The third-order valence-corrected chi connectivity index (χ3v) is 3.53. The molecule has 74 valence electrons. The number of phenolic OH excluding ortho intramolecular Hbond substituents is 1. The van der Waals surface area contributed by atoms with Crippen molar-refractivity contribution < 1.29 is 9.84 Å². The molecular formula is C12H14O2. The van der Waals surface area contributed by atoms with Gasteiger partial charge in [0, 0.05) is 5.56 Å². The number of benzene rings is 1. The zero-order valence-electron chi connectivity index (χ0n) is 8.12. The SMILES string of the molecule is Oc1cccc2c1CCC1(CCC1)O2. The fourth-order valence-electron chi connectivity index (χ4n) is 2.46. The lowest BCUT2D eigenvalue weighted by atomic mass is 9.74. The largest absolute Gasteiger partial charge is 0.508 e. The van der Waals surface area contributed by atoms with E-state index in [9.17, 15) is 5.11 Å². The first kappa shape index (κ1) is 8.16. The van der Waals surface area contributed by atoms with E-state index in [-0.39, 0.29) is 5.60 Å².